The van der Waals surface area contributed by atoms with Crippen molar-refractivity contribution in [3.05, 3.63) is 101 Å². The first-order valence-corrected chi connectivity index (χ1v) is 11.1. The maximum atomic E-state index is 13.2. The summed E-state index contributed by atoms with van der Waals surface area (Å²) < 4.78 is 29.0. The van der Waals surface area contributed by atoms with Gasteiger partial charge in [-0.25, -0.2) is 18.2 Å². The molecule has 0 aliphatic carbocycles. The standard InChI is InChI=1S/C25H18N2O4S/c1-17-15-23(25(28)29)26-16-20(17)14-13-19-8-3-5-11-22(19)27-32(30,31)24-12-6-9-18-7-2-4-10-21(18)24/h2-12,15-16,27H,1H3,(H,28,29). The summed E-state index contributed by atoms with van der Waals surface area (Å²) in [6.45, 7) is 1.74. The fourth-order valence-corrected chi connectivity index (χ4v) is 4.56. The summed E-state index contributed by atoms with van der Waals surface area (Å²) in [4.78, 5) is 15.1. The van der Waals surface area contributed by atoms with Crippen molar-refractivity contribution < 1.29 is 18.3 Å². The van der Waals surface area contributed by atoms with Gasteiger partial charge < -0.3 is 5.11 Å². The number of rotatable bonds is 4. The minimum atomic E-state index is -3.86. The third-order valence-electron chi connectivity index (χ3n) is 4.87. The van der Waals surface area contributed by atoms with Crippen LogP contribution in [0.3, 0.4) is 0 Å². The van der Waals surface area contributed by atoms with E-state index in [4.69, 9.17) is 5.11 Å². The molecule has 1 heterocycles. The van der Waals surface area contributed by atoms with E-state index in [0.29, 0.717) is 27.8 Å². The van der Waals surface area contributed by atoms with Crippen LogP contribution in [0.1, 0.15) is 27.2 Å². The summed E-state index contributed by atoms with van der Waals surface area (Å²) in [5.74, 6) is 4.81. The van der Waals surface area contributed by atoms with E-state index in [-0.39, 0.29) is 10.6 Å². The highest BCUT2D eigenvalue weighted by molar-refractivity contribution is 7.93. The molecule has 0 aliphatic heterocycles. The Kier molecular flexibility index (Phi) is 5.63. The van der Waals surface area contributed by atoms with Gasteiger partial charge in [0.1, 0.15) is 5.69 Å². The van der Waals surface area contributed by atoms with Crippen molar-refractivity contribution in [1.82, 2.24) is 4.98 Å². The second-order valence-corrected chi connectivity index (χ2v) is 8.72. The van der Waals surface area contributed by atoms with Gasteiger partial charge in [0.05, 0.1) is 10.6 Å². The summed E-state index contributed by atoms with van der Waals surface area (Å²) in [6, 6.07) is 20.7. The number of fused-ring (bicyclic) bond motifs is 1. The molecule has 2 N–H and O–H groups in total. The van der Waals surface area contributed by atoms with Crippen LogP contribution in [0.5, 0.6) is 0 Å². The number of para-hydroxylation sites is 1. The number of pyridine rings is 1. The lowest BCUT2D eigenvalue weighted by Crippen LogP contribution is -2.14. The number of hydrogen-bond acceptors (Lipinski definition) is 4. The van der Waals surface area contributed by atoms with Gasteiger partial charge >= 0.3 is 5.97 Å². The number of carboxylic acids is 1. The Balaban J connectivity index is 1.70. The Morgan fingerprint density at radius 3 is 2.41 bits per heavy atom. The highest BCUT2D eigenvalue weighted by atomic mass is 32.2. The van der Waals surface area contributed by atoms with Crippen molar-refractivity contribution in [1.29, 1.82) is 0 Å². The number of carbonyl (C=O) groups is 1. The number of hydrogen-bond donors (Lipinski definition) is 2. The molecule has 0 saturated heterocycles. The molecule has 0 fully saturated rings. The van der Waals surface area contributed by atoms with Crippen LogP contribution >= 0.6 is 0 Å². The molecule has 0 saturated carbocycles. The van der Waals surface area contributed by atoms with Crippen LogP contribution in [-0.4, -0.2) is 24.5 Å². The number of anilines is 1. The minimum Gasteiger partial charge on any atom is -0.477 e. The molecular formula is C25H18N2O4S. The van der Waals surface area contributed by atoms with Crippen molar-refractivity contribution in [3.8, 4) is 11.8 Å². The molecule has 0 radical (unpaired) electrons. The molecular weight excluding hydrogens is 424 g/mol. The van der Waals surface area contributed by atoms with Gasteiger partial charge in [-0.2, -0.15) is 0 Å². The predicted octanol–water partition coefficient (Wildman–Crippen LogP) is 4.44. The molecule has 0 unspecified atom stereocenters. The van der Waals surface area contributed by atoms with Crippen LogP contribution < -0.4 is 4.72 Å². The maximum Gasteiger partial charge on any atom is 0.354 e. The molecule has 0 atom stereocenters. The van der Waals surface area contributed by atoms with Crippen LogP contribution in [-0.2, 0) is 10.0 Å². The van der Waals surface area contributed by atoms with E-state index in [1.165, 1.54) is 12.3 Å². The van der Waals surface area contributed by atoms with Gasteiger partial charge in [0.25, 0.3) is 10.0 Å². The van der Waals surface area contributed by atoms with Gasteiger partial charge in [0.15, 0.2) is 0 Å². The molecule has 6 nitrogen and oxygen atoms in total. The first-order chi connectivity index (χ1) is 15.3. The first-order valence-electron chi connectivity index (χ1n) is 9.67. The van der Waals surface area contributed by atoms with Gasteiger partial charge in [-0.15, -0.1) is 0 Å². The van der Waals surface area contributed by atoms with Crippen molar-refractivity contribution in [2.45, 2.75) is 11.8 Å². The number of benzene rings is 3. The Hall–Kier alpha value is -4.15. The molecule has 0 bridgehead atoms. The number of nitrogens with zero attached hydrogens (tertiary/aromatic N) is 1. The maximum absolute atomic E-state index is 13.2. The largest absolute Gasteiger partial charge is 0.477 e. The normalized spacial score (nSPS) is 10.9. The average Bonchev–Trinajstić information content (AvgIpc) is 2.78. The predicted molar refractivity (Wildman–Crippen MR) is 123 cm³/mol. The molecule has 1 aromatic heterocycles. The number of aromatic carboxylic acids is 1. The molecule has 0 amide bonds. The fraction of sp³-hybridized carbons (Fsp3) is 0.0400. The summed E-state index contributed by atoms with van der Waals surface area (Å²) in [5.41, 5.74) is 2.00. The van der Waals surface area contributed by atoms with E-state index in [1.54, 1.807) is 55.5 Å². The summed E-state index contributed by atoms with van der Waals surface area (Å²) >= 11 is 0. The van der Waals surface area contributed by atoms with Crippen molar-refractivity contribution >= 4 is 32.5 Å². The monoisotopic (exact) mass is 442 g/mol. The number of carboxylic acid groups (broad SMARTS) is 1. The number of nitrogens with one attached hydrogen (secondary N) is 1. The molecule has 7 heteroatoms. The third kappa shape index (κ3) is 4.31. The van der Waals surface area contributed by atoms with Crippen LogP contribution in [0.15, 0.2) is 83.9 Å². The zero-order valence-corrected chi connectivity index (χ0v) is 17.8. The molecule has 0 spiro atoms. The highest BCUT2D eigenvalue weighted by Gasteiger charge is 2.18. The Bertz CT molecular complexity index is 1510. The lowest BCUT2D eigenvalue weighted by atomic mass is 10.1. The zero-order valence-electron chi connectivity index (χ0n) is 17.0. The van der Waals surface area contributed by atoms with Gasteiger partial charge in [-0.1, -0.05) is 60.4 Å². The van der Waals surface area contributed by atoms with E-state index in [0.717, 1.165) is 5.39 Å². The Morgan fingerprint density at radius 1 is 0.938 bits per heavy atom. The summed E-state index contributed by atoms with van der Waals surface area (Å²) in [5, 5.41) is 10.5. The quantitative estimate of drug-likeness (QED) is 0.456. The van der Waals surface area contributed by atoms with Crippen LogP contribution in [0.25, 0.3) is 10.8 Å². The molecule has 158 valence electrons. The second kappa shape index (κ2) is 8.53. The fourth-order valence-electron chi connectivity index (χ4n) is 3.25. The van der Waals surface area contributed by atoms with Gasteiger partial charge in [-0.05, 0) is 42.1 Å². The first kappa shape index (κ1) is 21.1. The molecule has 0 aliphatic rings. The molecule has 4 aromatic rings. The smallest absolute Gasteiger partial charge is 0.354 e. The van der Waals surface area contributed by atoms with E-state index in [2.05, 4.69) is 21.5 Å². The second-order valence-electron chi connectivity index (χ2n) is 7.07. The number of aryl methyl sites for hydroxylation is 1. The van der Waals surface area contributed by atoms with Gasteiger partial charge in [0.2, 0.25) is 0 Å². The Morgan fingerprint density at radius 2 is 1.62 bits per heavy atom. The van der Waals surface area contributed by atoms with Crippen LogP contribution in [0.4, 0.5) is 5.69 Å². The summed E-state index contributed by atoms with van der Waals surface area (Å²) in [7, 11) is -3.86. The van der Waals surface area contributed by atoms with Crippen molar-refractivity contribution in [3.63, 3.8) is 0 Å². The number of sulfonamides is 1. The SMILES string of the molecule is Cc1cc(C(=O)O)ncc1C#Cc1ccccc1NS(=O)(=O)c1cccc2ccccc12. The molecule has 4 rings (SSSR count). The van der Waals surface area contributed by atoms with Crippen molar-refractivity contribution in [2.24, 2.45) is 0 Å². The van der Waals surface area contributed by atoms with Crippen LogP contribution in [0, 0.1) is 18.8 Å². The lowest BCUT2D eigenvalue weighted by molar-refractivity contribution is 0.0690. The van der Waals surface area contributed by atoms with E-state index < -0.39 is 16.0 Å². The van der Waals surface area contributed by atoms with E-state index >= 15 is 0 Å². The van der Waals surface area contributed by atoms with E-state index in [9.17, 15) is 13.2 Å². The van der Waals surface area contributed by atoms with Crippen molar-refractivity contribution in [2.75, 3.05) is 4.72 Å². The molecule has 3 aromatic carbocycles. The average molecular weight is 442 g/mol. The minimum absolute atomic E-state index is 0.0590. The number of aromatic nitrogens is 1. The topological polar surface area (TPSA) is 96.4 Å². The Labute approximate surface area is 185 Å². The zero-order chi connectivity index (χ0) is 22.7. The van der Waals surface area contributed by atoms with Gasteiger partial charge in [0, 0.05) is 22.7 Å². The highest BCUT2D eigenvalue weighted by Crippen LogP contribution is 2.26. The summed E-state index contributed by atoms with van der Waals surface area (Å²) in [6.07, 6.45) is 1.40. The van der Waals surface area contributed by atoms with E-state index in [1.807, 2.05) is 18.2 Å². The van der Waals surface area contributed by atoms with Gasteiger partial charge in [-0.3, -0.25) is 4.72 Å². The molecule has 32 heavy (non-hydrogen) atoms. The third-order valence-corrected chi connectivity index (χ3v) is 6.30. The lowest BCUT2D eigenvalue weighted by Gasteiger charge is -2.12. The van der Waals surface area contributed by atoms with Crippen LogP contribution in [0.2, 0.25) is 0 Å².